The molecule has 0 heterocycles. The minimum atomic E-state index is -0.830. The average Bonchev–Trinajstić information content (AvgIpc) is 2.37. The quantitative estimate of drug-likeness (QED) is 0.765. The normalized spacial score (nSPS) is 12.1. The number of aliphatic carboxylic acids is 1. The van der Waals surface area contributed by atoms with Crippen LogP contribution in [0, 0.1) is 24.1 Å². The maximum Gasteiger partial charge on any atom is 0.307 e. The Morgan fingerprint density at radius 2 is 2.11 bits per heavy atom. The van der Waals surface area contributed by atoms with Crippen LogP contribution in [-0.4, -0.2) is 35.6 Å². The SMILES string of the molecule is C#CCN(CCc1ccc(F)cc1)CC(C)C(=O)O. The second kappa shape index (κ2) is 7.55. The van der Waals surface area contributed by atoms with Crippen molar-refractivity contribution < 1.29 is 14.3 Å². The van der Waals surface area contributed by atoms with Gasteiger partial charge in [-0.05, 0) is 24.1 Å². The molecule has 19 heavy (non-hydrogen) atoms. The van der Waals surface area contributed by atoms with Crippen molar-refractivity contribution in [2.24, 2.45) is 5.92 Å². The van der Waals surface area contributed by atoms with Gasteiger partial charge in [-0.25, -0.2) is 4.39 Å². The van der Waals surface area contributed by atoms with E-state index in [-0.39, 0.29) is 5.82 Å². The van der Waals surface area contributed by atoms with Crippen molar-refractivity contribution in [1.82, 2.24) is 4.90 Å². The number of hydrogen-bond donors (Lipinski definition) is 1. The van der Waals surface area contributed by atoms with E-state index in [1.807, 2.05) is 4.90 Å². The van der Waals surface area contributed by atoms with Crippen molar-refractivity contribution >= 4 is 5.97 Å². The van der Waals surface area contributed by atoms with Gasteiger partial charge in [0.25, 0.3) is 0 Å². The third kappa shape index (κ3) is 5.54. The minimum Gasteiger partial charge on any atom is -0.481 e. The molecule has 0 spiro atoms. The Morgan fingerprint density at radius 3 is 2.63 bits per heavy atom. The van der Waals surface area contributed by atoms with Gasteiger partial charge in [0.15, 0.2) is 0 Å². The first kappa shape index (κ1) is 15.2. The van der Waals surface area contributed by atoms with Gasteiger partial charge in [0.2, 0.25) is 0 Å². The monoisotopic (exact) mass is 263 g/mol. The van der Waals surface area contributed by atoms with Crippen molar-refractivity contribution in [2.75, 3.05) is 19.6 Å². The van der Waals surface area contributed by atoms with Crippen LogP contribution < -0.4 is 0 Å². The summed E-state index contributed by atoms with van der Waals surface area (Å²) in [5.74, 6) is 0.983. The van der Waals surface area contributed by atoms with E-state index in [2.05, 4.69) is 5.92 Å². The third-order valence-electron chi connectivity index (χ3n) is 2.90. The van der Waals surface area contributed by atoms with Crippen LogP contribution in [0.5, 0.6) is 0 Å². The first-order valence-corrected chi connectivity index (χ1v) is 6.16. The first-order chi connectivity index (χ1) is 9.02. The Kier molecular flexibility index (Phi) is 6.04. The lowest BCUT2D eigenvalue weighted by Gasteiger charge is -2.21. The second-order valence-corrected chi connectivity index (χ2v) is 4.55. The van der Waals surface area contributed by atoms with Crippen LogP contribution in [0.3, 0.4) is 0 Å². The van der Waals surface area contributed by atoms with E-state index < -0.39 is 11.9 Å². The van der Waals surface area contributed by atoms with E-state index in [1.54, 1.807) is 19.1 Å². The molecule has 1 N–H and O–H groups in total. The molecule has 1 rings (SSSR count). The second-order valence-electron chi connectivity index (χ2n) is 4.55. The zero-order valence-corrected chi connectivity index (χ0v) is 11.0. The first-order valence-electron chi connectivity index (χ1n) is 6.16. The summed E-state index contributed by atoms with van der Waals surface area (Å²) >= 11 is 0. The van der Waals surface area contributed by atoms with E-state index in [1.165, 1.54) is 12.1 Å². The van der Waals surface area contributed by atoms with Crippen LogP contribution in [0.4, 0.5) is 4.39 Å². The van der Waals surface area contributed by atoms with E-state index in [9.17, 15) is 9.18 Å². The molecule has 1 unspecified atom stereocenters. The molecule has 0 fully saturated rings. The summed E-state index contributed by atoms with van der Waals surface area (Å²) in [6.07, 6.45) is 6.00. The number of terminal acetylenes is 1. The van der Waals surface area contributed by atoms with Crippen molar-refractivity contribution in [3.8, 4) is 12.3 Å². The fourth-order valence-corrected chi connectivity index (χ4v) is 1.77. The number of hydrogen-bond acceptors (Lipinski definition) is 2. The predicted octanol–water partition coefficient (Wildman–Crippen LogP) is 2.02. The lowest BCUT2D eigenvalue weighted by atomic mass is 10.1. The fraction of sp³-hybridized carbons (Fsp3) is 0.400. The highest BCUT2D eigenvalue weighted by molar-refractivity contribution is 5.69. The van der Waals surface area contributed by atoms with Crippen LogP contribution in [0.2, 0.25) is 0 Å². The Labute approximate surface area is 113 Å². The number of rotatable bonds is 7. The van der Waals surface area contributed by atoms with Crippen LogP contribution in [0.15, 0.2) is 24.3 Å². The van der Waals surface area contributed by atoms with Crippen molar-refractivity contribution in [2.45, 2.75) is 13.3 Å². The molecule has 0 saturated carbocycles. The summed E-state index contributed by atoms with van der Waals surface area (Å²) in [5.41, 5.74) is 1.01. The molecule has 0 aliphatic carbocycles. The Morgan fingerprint density at radius 1 is 1.47 bits per heavy atom. The lowest BCUT2D eigenvalue weighted by molar-refractivity contribution is -0.141. The van der Waals surface area contributed by atoms with E-state index in [0.29, 0.717) is 26.1 Å². The Hall–Kier alpha value is -1.86. The molecule has 0 saturated heterocycles. The van der Waals surface area contributed by atoms with E-state index >= 15 is 0 Å². The third-order valence-corrected chi connectivity index (χ3v) is 2.90. The minimum absolute atomic E-state index is 0.260. The molecule has 102 valence electrons. The molecule has 0 amide bonds. The molecule has 1 aromatic carbocycles. The lowest BCUT2D eigenvalue weighted by Crippen LogP contribution is -2.33. The Bertz CT molecular complexity index is 450. The van der Waals surface area contributed by atoms with Gasteiger partial charge in [-0.1, -0.05) is 25.0 Å². The molecule has 1 atom stereocenters. The molecule has 0 radical (unpaired) electrons. The summed E-state index contributed by atoms with van der Waals surface area (Å²) in [6.45, 7) is 3.15. The molecule has 0 aliphatic heterocycles. The maximum atomic E-state index is 12.8. The van der Waals surface area contributed by atoms with Gasteiger partial charge in [0.1, 0.15) is 5.82 Å². The topological polar surface area (TPSA) is 40.5 Å². The molecule has 3 nitrogen and oxygen atoms in total. The number of halogens is 1. The highest BCUT2D eigenvalue weighted by Crippen LogP contribution is 2.06. The van der Waals surface area contributed by atoms with E-state index in [4.69, 9.17) is 11.5 Å². The van der Waals surface area contributed by atoms with Gasteiger partial charge in [0, 0.05) is 13.1 Å². The van der Waals surface area contributed by atoms with Gasteiger partial charge in [-0.2, -0.15) is 0 Å². The molecule has 0 aliphatic rings. The van der Waals surface area contributed by atoms with Crippen LogP contribution in [0.1, 0.15) is 12.5 Å². The Balaban J connectivity index is 2.52. The van der Waals surface area contributed by atoms with Gasteiger partial charge in [0.05, 0.1) is 12.5 Å². The summed E-state index contributed by atoms with van der Waals surface area (Å²) in [4.78, 5) is 12.7. The zero-order valence-electron chi connectivity index (χ0n) is 11.0. The number of nitrogens with zero attached hydrogens (tertiary/aromatic N) is 1. The molecule has 1 aromatic rings. The van der Waals surface area contributed by atoms with Crippen molar-refractivity contribution in [3.05, 3.63) is 35.6 Å². The largest absolute Gasteiger partial charge is 0.481 e. The number of benzene rings is 1. The fourth-order valence-electron chi connectivity index (χ4n) is 1.77. The van der Waals surface area contributed by atoms with Crippen LogP contribution in [-0.2, 0) is 11.2 Å². The van der Waals surface area contributed by atoms with Gasteiger partial charge < -0.3 is 5.11 Å². The van der Waals surface area contributed by atoms with Crippen LogP contribution >= 0.6 is 0 Å². The van der Waals surface area contributed by atoms with Gasteiger partial charge in [-0.3, -0.25) is 9.69 Å². The molecule has 0 aromatic heterocycles. The molecular weight excluding hydrogens is 245 g/mol. The predicted molar refractivity (Wildman–Crippen MR) is 72.2 cm³/mol. The maximum absolute atomic E-state index is 12.8. The number of carbonyl (C=O) groups is 1. The van der Waals surface area contributed by atoms with Gasteiger partial charge >= 0.3 is 5.97 Å². The molecule has 0 bridgehead atoms. The molecule has 4 heteroatoms. The molecular formula is C15H18FNO2. The summed E-state index contributed by atoms with van der Waals surface area (Å²) in [6, 6.07) is 6.29. The smallest absolute Gasteiger partial charge is 0.307 e. The van der Waals surface area contributed by atoms with Crippen molar-refractivity contribution in [1.29, 1.82) is 0 Å². The number of carboxylic acid groups (broad SMARTS) is 1. The van der Waals surface area contributed by atoms with Crippen LogP contribution in [0.25, 0.3) is 0 Å². The highest BCUT2D eigenvalue weighted by Gasteiger charge is 2.15. The highest BCUT2D eigenvalue weighted by atomic mass is 19.1. The number of carboxylic acids is 1. The van der Waals surface area contributed by atoms with Crippen molar-refractivity contribution in [3.63, 3.8) is 0 Å². The average molecular weight is 263 g/mol. The standard InChI is InChI=1S/C15H18FNO2/c1-3-9-17(11-12(2)15(18)19)10-8-13-4-6-14(16)7-5-13/h1,4-7,12H,8-11H2,2H3,(H,18,19). The summed E-state index contributed by atoms with van der Waals surface area (Å²) in [7, 11) is 0. The van der Waals surface area contributed by atoms with Gasteiger partial charge in [-0.15, -0.1) is 6.42 Å². The summed E-state index contributed by atoms with van der Waals surface area (Å²) < 4.78 is 12.8. The zero-order chi connectivity index (χ0) is 14.3. The summed E-state index contributed by atoms with van der Waals surface area (Å²) in [5, 5.41) is 8.89. The van der Waals surface area contributed by atoms with E-state index in [0.717, 1.165) is 5.56 Å².